The van der Waals surface area contributed by atoms with E-state index in [1.807, 2.05) is 12.1 Å². The monoisotopic (exact) mass is 377 g/mol. The van der Waals surface area contributed by atoms with E-state index in [0.29, 0.717) is 0 Å². The molecule has 0 bridgehead atoms. The minimum Gasteiger partial charge on any atom is -0.309 e. The Balaban J connectivity index is 1.81. The zero-order valence-corrected chi connectivity index (χ0v) is 15.8. The molecule has 0 atom stereocenters. The molecule has 1 heterocycles. The average Bonchev–Trinajstić information content (AvgIpc) is 3.08. The first-order valence-corrected chi connectivity index (χ1v) is 9.79. The number of fused-ring (bicyclic) bond motifs is 6. The summed E-state index contributed by atoms with van der Waals surface area (Å²) in [6.45, 7) is 0. The van der Waals surface area contributed by atoms with Crippen LogP contribution in [0.5, 0.6) is 0 Å². The number of para-hydroxylation sites is 1. The maximum absolute atomic E-state index is 6.49. The van der Waals surface area contributed by atoms with Crippen molar-refractivity contribution in [1.29, 1.82) is 0 Å². The lowest BCUT2D eigenvalue weighted by Crippen LogP contribution is -1.93. The van der Waals surface area contributed by atoms with Gasteiger partial charge in [-0.2, -0.15) is 0 Å². The fourth-order valence-corrected chi connectivity index (χ4v) is 4.62. The quantitative estimate of drug-likeness (QED) is 0.276. The molecular formula is C26H16ClN. The van der Waals surface area contributed by atoms with E-state index >= 15 is 0 Å². The van der Waals surface area contributed by atoms with Crippen LogP contribution in [-0.2, 0) is 0 Å². The van der Waals surface area contributed by atoms with Crippen LogP contribution in [0.1, 0.15) is 0 Å². The van der Waals surface area contributed by atoms with Crippen molar-refractivity contribution in [3.63, 3.8) is 0 Å². The van der Waals surface area contributed by atoms with Crippen molar-refractivity contribution < 1.29 is 0 Å². The molecule has 6 rings (SSSR count). The van der Waals surface area contributed by atoms with Crippen molar-refractivity contribution in [2.45, 2.75) is 0 Å². The van der Waals surface area contributed by atoms with Crippen molar-refractivity contribution in [3.05, 3.63) is 102 Å². The van der Waals surface area contributed by atoms with Gasteiger partial charge >= 0.3 is 0 Å². The van der Waals surface area contributed by atoms with Gasteiger partial charge in [0.1, 0.15) is 0 Å². The molecule has 0 aliphatic heterocycles. The Labute approximate surface area is 167 Å². The molecule has 0 saturated carbocycles. The summed E-state index contributed by atoms with van der Waals surface area (Å²) < 4.78 is 2.36. The van der Waals surface area contributed by atoms with Crippen molar-refractivity contribution in [2.75, 3.05) is 0 Å². The number of halogens is 1. The maximum Gasteiger partial charge on any atom is 0.0547 e. The van der Waals surface area contributed by atoms with Gasteiger partial charge in [0.25, 0.3) is 0 Å². The molecular weight excluding hydrogens is 362 g/mol. The van der Waals surface area contributed by atoms with Crippen molar-refractivity contribution in [2.24, 2.45) is 0 Å². The van der Waals surface area contributed by atoms with Crippen LogP contribution in [0.2, 0.25) is 5.02 Å². The SMILES string of the molecule is Clc1cccc2c1ccc1c2c2ccccc2n1-c1ccc2ccccc2c1. The lowest BCUT2D eigenvalue weighted by atomic mass is 10.0. The van der Waals surface area contributed by atoms with Crippen LogP contribution in [0, 0.1) is 0 Å². The molecule has 6 aromatic rings. The van der Waals surface area contributed by atoms with E-state index < -0.39 is 0 Å². The van der Waals surface area contributed by atoms with Crippen molar-refractivity contribution in [3.8, 4) is 5.69 Å². The van der Waals surface area contributed by atoms with E-state index in [4.69, 9.17) is 11.6 Å². The van der Waals surface area contributed by atoms with Crippen molar-refractivity contribution in [1.82, 2.24) is 4.57 Å². The zero-order valence-electron chi connectivity index (χ0n) is 15.1. The Hall–Kier alpha value is -3.29. The summed E-state index contributed by atoms with van der Waals surface area (Å²) in [7, 11) is 0. The summed E-state index contributed by atoms with van der Waals surface area (Å²) in [5.41, 5.74) is 3.58. The van der Waals surface area contributed by atoms with Gasteiger partial charge in [0.05, 0.1) is 11.0 Å². The molecule has 0 fully saturated rings. The van der Waals surface area contributed by atoms with Gasteiger partial charge in [0.15, 0.2) is 0 Å². The normalized spacial score (nSPS) is 11.8. The fourth-order valence-electron chi connectivity index (χ4n) is 4.38. The van der Waals surface area contributed by atoms with Gasteiger partial charge < -0.3 is 4.57 Å². The van der Waals surface area contributed by atoms with Crippen molar-refractivity contribution >= 4 is 55.0 Å². The molecule has 0 unspecified atom stereocenters. The molecule has 0 radical (unpaired) electrons. The molecule has 0 N–H and O–H groups in total. The number of nitrogens with zero attached hydrogens (tertiary/aromatic N) is 1. The van der Waals surface area contributed by atoms with Crippen LogP contribution in [0.4, 0.5) is 0 Å². The Morgan fingerprint density at radius 1 is 0.536 bits per heavy atom. The highest BCUT2D eigenvalue weighted by Gasteiger charge is 2.15. The third kappa shape index (κ3) is 2.14. The topological polar surface area (TPSA) is 4.93 Å². The first-order chi connectivity index (χ1) is 13.8. The van der Waals surface area contributed by atoms with Crippen LogP contribution in [0.25, 0.3) is 49.0 Å². The van der Waals surface area contributed by atoms with E-state index in [0.717, 1.165) is 10.4 Å². The predicted octanol–water partition coefficient (Wildman–Crippen LogP) is 7.74. The van der Waals surface area contributed by atoms with E-state index in [9.17, 15) is 0 Å². The molecule has 0 spiro atoms. The second-order valence-corrected chi connectivity index (χ2v) is 7.59. The summed E-state index contributed by atoms with van der Waals surface area (Å²) in [4.78, 5) is 0. The molecule has 1 aromatic heterocycles. The number of hydrogen-bond acceptors (Lipinski definition) is 0. The molecule has 0 saturated heterocycles. The number of rotatable bonds is 1. The van der Waals surface area contributed by atoms with Gasteiger partial charge in [-0.05, 0) is 46.5 Å². The Morgan fingerprint density at radius 3 is 2.25 bits per heavy atom. The lowest BCUT2D eigenvalue weighted by Gasteiger charge is -2.10. The summed E-state index contributed by atoms with van der Waals surface area (Å²) in [5.74, 6) is 0. The number of aromatic nitrogens is 1. The lowest BCUT2D eigenvalue weighted by molar-refractivity contribution is 1.19. The van der Waals surface area contributed by atoms with Crippen LogP contribution in [-0.4, -0.2) is 4.57 Å². The molecule has 0 aliphatic carbocycles. The Kier molecular flexibility index (Phi) is 3.29. The van der Waals surface area contributed by atoms with E-state index in [-0.39, 0.29) is 0 Å². The van der Waals surface area contributed by atoms with Crippen LogP contribution >= 0.6 is 11.6 Å². The number of hydrogen-bond donors (Lipinski definition) is 0. The van der Waals surface area contributed by atoms with Gasteiger partial charge in [-0.25, -0.2) is 0 Å². The highest BCUT2D eigenvalue weighted by atomic mass is 35.5. The molecule has 0 aliphatic rings. The Morgan fingerprint density at radius 2 is 1.32 bits per heavy atom. The first kappa shape index (κ1) is 15.7. The van der Waals surface area contributed by atoms with Gasteiger partial charge in [0, 0.05) is 26.9 Å². The Bertz CT molecular complexity index is 1520. The summed E-state index contributed by atoms with van der Waals surface area (Å²) in [5, 5.41) is 8.09. The smallest absolute Gasteiger partial charge is 0.0547 e. The van der Waals surface area contributed by atoms with Crippen LogP contribution < -0.4 is 0 Å². The first-order valence-electron chi connectivity index (χ1n) is 9.41. The minimum absolute atomic E-state index is 0.793. The highest BCUT2D eigenvalue weighted by Crippen LogP contribution is 2.38. The zero-order chi connectivity index (χ0) is 18.7. The van der Waals surface area contributed by atoms with E-state index in [1.54, 1.807) is 0 Å². The van der Waals surface area contributed by atoms with Crippen LogP contribution in [0.15, 0.2) is 97.1 Å². The van der Waals surface area contributed by atoms with Crippen LogP contribution in [0.3, 0.4) is 0 Å². The second-order valence-electron chi connectivity index (χ2n) is 7.18. The summed E-state index contributed by atoms with van der Waals surface area (Å²) in [6, 6.07) is 34.3. The largest absolute Gasteiger partial charge is 0.309 e. The summed E-state index contributed by atoms with van der Waals surface area (Å²) in [6.07, 6.45) is 0. The predicted molar refractivity (Wildman–Crippen MR) is 121 cm³/mol. The van der Waals surface area contributed by atoms with E-state index in [1.165, 1.54) is 43.7 Å². The molecule has 1 nitrogen and oxygen atoms in total. The molecule has 0 amide bonds. The summed E-state index contributed by atoms with van der Waals surface area (Å²) >= 11 is 6.49. The molecule has 132 valence electrons. The molecule has 5 aromatic carbocycles. The fraction of sp³-hybridized carbons (Fsp3) is 0. The van der Waals surface area contributed by atoms with Gasteiger partial charge in [-0.3, -0.25) is 0 Å². The number of benzene rings is 5. The van der Waals surface area contributed by atoms with Gasteiger partial charge in [0.2, 0.25) is 0 Å². The van der Waals surface area contributed by atoms with Gasteiger partial charge in [-0.15, -0.1) is 0 Å². The van der Waals surface area contributed by atoms with E-state index in [2.05, 4.69) is 89.5 Å². The molecule has 28 heavy (non-hydrogen) atoms. The minimum atomic E-state index is 0.793. The molecule has 2 heteroatoms. The highest BCUT2D eigenvalue weighted by molar-refractivity contribution is 6.37. The van der Waals surface area contributed by atoms with Gasteiger partial charge in [-0.1, -0.05) is 78.3 Å². The second kappa shape index (κ2) is 5.85. The maximum atomic E-state index is 6.49. The third-order valence-electron chi connectivity index (χ3n) is 5.63. The average molecular weight is 378 g/mol. The third-order valence-corrected chi connectivity index (χ3v) is 5.96. The standard InChI is InChI=1S/C26H16ClN/c27-23-10-5-9-21-20(23)14-15-25-26(21)22-8-3-4-11-24(22)28(25)19-13-12-17-6-1-2-7-18(17)16-19/h1-16H.